The highest BCUT2D eigenvalue weighted by atomic mass is 32.1. The maximum Gasteiger partial charge on any atom is 0.246 e. The van der Waals surface area contributed by atoms with Crippen LogP contribution >= 0.6 is 11.3 Å². The number of nitrogen functional groups attached to an aromatic ring is 1. The zero-order valence-electron chi connectivity index (χ0n) is 21.4. The van der Waals surface area contributed by atoms with E-state index in [1.807, 2.05) is 28.3 Å². The Kier molecular flexibility index (Phi) is 6.74. The molecule has 1 aliphatic rings. The molecule has 5 heterocycles. The molecule has 0 spiro atoms. The van der Waals surface area contributed by atoms with E-state index in [9.17, 15) is 14.3 Å². The van der Waals surface area contributed by atoms with E-state index in [4.69, 9.17) is 20.6 Å². The van der Waals surface area contributed by atoms with Gasteiger partial charge in [0.25, 0.3) is 0 Å². The van der Waals surface area contributed by atoms with Gasteiger partial charge in [-0.2, -0.15) is 5.10 Å². The maximum absolute atomic E-state index is 14.3. The Balaban J connectivity index is 1.61. The first kappa shape index (κ1) is 25.7. The molecule has 5 aromatic rings. The average Bonchev–Trinajstić information content (AvgIpc) is 3.62. The summed E-state index contributed by atoms with van der Waals surface area (Å²) in [5.74, 6) is 0.0692. The molecule has 202 valence electrons. The molecule has 0 fully saturated rings. The molecular weight excluding hydrogens is 531 g/mol. The molecule has 9 nitrogen and oxygen atoms in total. The third-order valence-electron chi connectivity index (χ3n) is 6.75. The van der Waals surface area contributed by atoms with E-state index >= 15 is 0 Å². The lowest BCUT2D eigenvalue weighted by molar-refractivity contribution is -0.127. The normalized spacial score (nSPS) is 12.9. The minimum atomic E-state index is -0.457. The Bertz CT molecular complexity index is 1760. The molecule has 0 radical (unpaired) electrons. The summed E-state index contributed by atoms with van der Waals surface area (Å²) in [5.41, 5.74) is 10.9. The second kappa shape index (κ2) is 10.5. The second-order valence-electron chi connectivity index (χ2n) is 9.24. The topological polar surface area (TPSA) is 119 Å². The number of halogens is 1. The van der Waals surface area contributed by atoms with E-state index in [0.29, 0.717) is 53.8 Å². The van der Waals surface area contributed by atoms with Crippen LogP contribution in [-0.4, -0.2) is 55.4 Å². The van der Waals surface area contributed by atoms with Crippen molar-refractivity contribution in [1.29, 1.82) is 0 Å². The highest BCUT2D eigenvalue weighted by Gasteiger charge is 2.26. The molecule has 1 aromatic carbocycles. The number of rotatable bonds is 7. The van der Waals surface area contributed by atoms with Crippen LogP contribution in [0.15, 0.2) is 66.7 Å². The highest BCUT2D eigenvalue weighted by Crippen LogP contribution is 2.46. The summed E-state index contributed by atoms with van der Waals surface area (Å²) in [6.45, 7) is 4.83. The molecule has 0 unspecified atom stereocenters. The van der Waals surface area contributed by atoms with Crippen LogP contribution in [0.4, 0.5) is 10.2 Å². The molecule has 0 bridgehead atoms. The minimum absolute atomic E-state index is 0.00706. The molecule has 4 aromatic heterocycles. The maximum atomic E-state index is 14.3. The summed E-state index contributed by atoms with van der Waals surface area (Å²) in [4.78, 5) is 23.3. The zero-order valence-corrected chi connectivity index (χ0v) is 22.2. The number of carbonyl (C=O) groups is 1. The van der Waals surface area contributed by atoms with Crippen LogP contribution in [0.5, 0.6) is 5.75 Å². The molecule has 0 atom stereocenters. The van der Waals surface area contributed by atoms with Crippen molar-refractivity contribution in [2.75, 3.05) is 25.5 Å². The fourth-order valence-electron chi connectivity index (χ4n) is 4.95. The average molecular weight is 557 g/mol. The Morgan fingerprint density at radius 2 is 2.08 bits per heavy atom. The summed E-state index contributed by atoms with van der Waals surface area (Å²) < 4.78 is 22.9. The highest BCUT2D eigenvalue weighted by molar-refractivity contribution is 7.18. The van der Waals surface area contributed by atoms with Crippen molar-refractivity contribution in [3.8, 4) is 39.5 Å². The fourth-order valence-corrected chi connectivity index (χ4v) is 5.91. The lowest BCUT2D eigenvalue weighted by atomic mass is 9.97. The first-order valence-corrected chi connectivity index (χ1v) is 13.5. The van der Waals surface area contributed by atoms with E-state index in [2.05, 4.69) is 11.6 Å². The summed E-state index contributed by atoms with van der Waals surface area (Å²) in [5, 5.41) is 17.1. The van der Waals surface area contributed by atoms with Gasteiger partial charge in [0.15, 0.2) is 0 Å². The summed E-state index contributed by atoms with van der Waals surface area (Å²) in [6, 6.07) is 11.9. The van der Waals surface area contributed by atoms with Gasteiger partial charge in [0, 0.05) is 45.6 Å². The number of aliphatic hydroxyl groups is 1. The number of aliphatic hydroxyl groups excluding tert-OH is 1. The molecule has 0 saturated carbocycles. The SMILES string of the molecule is C=CC(=O)N1CCn2nc(-c3nc(-c4ccnc(N)c4)c4ccsc4c3-c3ccc(F)cc3OCCO)cc2C1. The second-order valence-corrected chi connectivity index (χ2v) is 10.2. The number of benzene rings is 1. The number of nitrogens with two attached hydrogens (primary N) is 1. The Hall–Kier alpha value is -4.61. The molecule has 1 amide bonds. The molecule has 3 N–H and O–H groups in total. The monoisotopic (exact) mass is 556 g/mol. The summed E-state index contributed by atoms with van der Waals surface area (Å²) >= 11 is 1.53. The third kappa shape index (κ3) is 4.59. The van der Waals surface area contributed by atoms with Crippen molar-refractivity contribution in [2.45, 2.75) is 13.1 Å². The van der Waals surface area contributed by atoms with Crippen LogP contribution in [0, 0.1) is 5.82 Å². The van der Waals surface area contributed by atoms with Crippen molar-refractivity contribution in [1.82, 2.24) is 24.6 Å². The van der Waals surface area contributed by atoms with Crippen molar-refractivity contribution >= 4 is 33.1 Å². The number of aromatic nitrogens is 4. The first-order chi connectivity index (χ1) is 19.5. The number of ether oxygens (including phenoxy) is 1. The quantitative estimate of drug-likeness (QED) is 0.283. The predicted molar refractivity (Wildman–Crippen MR) is 152 cm³/mol. The fraction of sp³-hybridized carbons (Fsp3) is 0.172. The Labute approximate surface area is 233 Å². The van der Waals surface area contributed by atoms with E-state index in [-0.39, 0.29) is 19.1 Å². The lowest BCUT2D eigenvalue weighted by Crippen LogP contribution is -2.37. The van der Waals surface area contributed by atoms with Crippen LogP contribution in [0.2, 0.25) is 0 Å². The van der Waals surface area contributed by atoms with E-state index < -0.39 is 5.82 Å². The number of hydrogen-bond donors (Lipinski definition) is 2. The van der Waals surface area contributed by atoms with Crippen LogP contribution in [0.1, 0.15) is 5.69 Å². The largest absolute Gasteiger partial charge is 0.490 e. The number of amides is 1. The number of anilines is 1. The van der Waals surface area contributed by atoms with Gasteiger partial charge in [0.1, 0.15) is 35.4 Å². The van der Waals surface area contributed by atoms with Crippen molar-refractivity contribution in [2.24, 2.45) is 0 Å². The molecular formula is C29H25FN6O3S. The van der Waals surface area contributed by atoms with Crippen molar-refractivity contribution in [3.63, 3.8) is 0 Å². The zero-order chi connectivity index (χ0) is 27.8. The Morgan fingerprint density at radius 3 is 2.88 bits per heavy atom. The van der Waals surface area contributed by atoms with Gasteiger partial charge in [-0.15, -0.1) is 11.3 Å². The number of nitrogens with zero attached hydrogens (tertiary/aromatic N) is 5. The molecule has 0 aliphatic carbocycles. The molecule has 0 saturated heterocycles. The first-order valence-electron chi connectivity index (χ1n) is 12.6. The van der Waals surface area contributed by atoms with Gasteiger partial charge in [0.2, 0.25) is 5.91 Å². The molecule has 11 heteroatoms. The molecule has 6 rings (SSSR count). The van der Waals surface area contributed by atoms with E-state index in [1.165, 1.54) is 29.5 Å². The van der Waals surface area contributed by atoms with Gasteiger partial charge in [-0.25, -0.2) is 14.4 Å². The van der Waals surface area contributed by atoms with Crippen LogP contribution in [-0.2, 0) is 17.9 Å². The van der Waals surface area contributed by atoms with E-state index in [1.54, 1.807) is 23.2 Å². The number of hydrogen-bond acceptors (Lipinski definition) is 8. The van der Waals surface area contributed by atoms with Gasteiger partial charge in [-0.05, 0) is 47.9 Å². The van der Waals surface area contributed by atoms with Gasteiger partial charge >= 0.3 is 0 Å². The minimum Gasteiger partial charge on any atom is -0.490 e. The van der Waals surface area contributed by atoms with Gasteiger partial charge in [-0.1, -0.05) is 6.58 Å². The van der Waals surface area contributed by atoms with E-state index in [0.717, 1.165) is 26.9 Å². The number of fused-ring (bicyclic) bond motifs is 2. The molecule has 40 heavy (non-hydrogen) atoms. The van der Waals surface area contributed by atoms with Crippen LogP contribution in [0.3, 0.4) is 0 Å². The number of thiophene rings is 1. The smallest absolute Gasteiger partial charge is 0.246 e. The Morgan fingerprint density at radius 1 is 1.20 bits per heavy atom. The third-order valence-corrected chi connectivity index (χ3v) is 7.68. The number of carbonyl (C=O) groups excluding carboxylic acids is 1. The molecule has 1 aliphatic heterocycles. The summed E-state index contributed by atoms with van der Waals surface area (Å²) in [6.07, 6.45) is 2.95. The standard InChI is InChI=1S/C29H25FN6O3S/c1-2-25(38)35-8-9-36-19(16-35)15-22(34-36)28-26(20-4-3-18(30)14-23(20)39-11-10-37)29-21(6-12-40-29)27(33-28)17-5-7-32-24(31)13-17/h2-7,12-15,37H,1,8-11,16H2,(H2,31,32). The summed E-state index contributed by atoms with van der Waals surface area (Å²) in [7, 11) is 0. The van der Waals surface area contributed by atoms with Gasteiger partial charge < -0.3 is 20.5 Å². The number of pyridine rings is 2. The predicted octanol–water partition coefficient (Wildman–Crippen LogP) is 4.51. The van der Waals surface area contributed by atoms with Gasteiger partial charge in [-0.3, -0.25) is 9.48 Å². The van der Waals surface area contributed by atoms with Crippen molar-refractivity contribution in [3.05, 3.63) is 78.2 Å². The lowest BCUT2D eigenvalue weighted by Gasteiger charge is -2.26. The van der Waals surface area contributed by atoms with Crippen LogP contribution < -0.4 is 10.5 Å². The van der Waals surface area contributed by atoms with Gasteiger partial charge in [0.05, 0.1) is 31.1 Å². The van der Waals surface area contributed by atoms with Crippen LogP contribution in [0.25, 0.3) is 43.9 Å². The van der Waals surface area contributed by atoms with Crippen molar-refractivity contribution < 1.29 is 19.0 Å².